The van der Waals surface area contributed by atoms with Crippen molar-refractivity contribution in [2.75, 3.05) is 11.4 Å². The summed E-state index contributed by atoms with van der Waals surface area (Å²) in [5, 5.41) is 0.972. The van der Waals surface area contributed by atoms with Crippen LogP contribution in [0.15, 0.2) is 27.4 Å². The van der Waals surface area contributed by atoms with E-state index in [9.17, 15) is 4.79 Å². The third-order valence-electron chi connectivity index (χ3n) is 4.56. The smallest absolute Gasteiger partial charge is 0.336 e. The summed E-state index contributed by atoms with van der Waals surface area (Å²) in [6.07, 6.45) is 0.912. The summed E-state index contributed by atoms with van der Waals surface area (Å²) in [6.45, 7) is 15.8. The molecule has 2 aromatic rings. The Hall–Kier alpha value is -1.77. The lowest BCUT2D eigenvalue weighted by atomic mass is 9.79. The molecule has 3 heteroatoms. The van der Waals surface area contributed by atoms with E-state index in [2.05, 4.69) is 31.7 Å². The van der Waals surface area contributed by atoms with Gasteiger partial charge in [0.05, 0.1) is 0 Å². The Kier molecular flexibility index (Phi) is 3.12. The van der Waals surface area contributed by atoms with Crippen LogP contribution < -0.4 is 10.5 Å². The summed E-state index contributed by atoms with van der Waals surface area (Å²) in [7, 11) is 0. The highest BCUT2D eigenvalue weighted by Gasteiger charge is 2.36. The average Bonchev–Trinajstić information content (AvgIpc) is 2.36. The Morgan fingerprint density at radius 1 is 1.38 bits per heavy atom. The van der Waals surface area contributed by atoms with Crippen LogP contribution >= 0.6 is 0 Å². The molecule has 0 bridgehead atoms. The summed E-state index contributed by atoms with van der Waals surface area (Å²) in [4.78, 5) is 14.0. The van der Waals surface area contributed by atoms with Gasteiger partial charge in [0.2, 0.25) is 0 Å². The summed E-state index contributed by atoms with van der Waals surface area (Å²) >= 11 is 0. The van der Waals surface area contributed by atoms with Gasteiger partial charge >= 0.3 is 5.63 Å². The molecule has 0 N–H and O–H groups in total. The molecule has 1 aromatic heterocycles. The van der Waals surface area contributed by atoms with Crippen molar-refractivity contribution in [2.45, 2.75) is 45.6 Å². The van der Waals surface area contributed by atoms with Gasteiger partial charge in [-0.05, 0) is 64.2 Å². The Balaban J connectivity index is 2.33. The van der Waals surface area contributed by atoms with E-state index in [1.54, 1.807) is 0 Å². The van der Waals surface area contributed by atoms with Gasteiger partial charge in [-0.25, -0.2) is 4.79 Å². The zero-order chi connectivity index (χ0) is 15.4. The summed E-state index contributed by atoms with van der Waals surface area (Å²) in [5.74, 6) is 0.00790. The molecule has 0 saturated carbocycles. The largest absolute Gasteiger partial charge is 0.423 e. The van der Waals surface area contributed by atoms with Crippen LogP contribution in [0.3, 0.4) is 0 Å². The molecule has 1 atom stereocenters. The molecule has 0 amide bonds. The molecule has 0 fully saturated rings. The van der Waals surface area contributed by atoms with Gasteiger partial charge in [-0.15, -0.1) is 0 Å². The zero-order valence-corrected chi connectivity index (χ0v) is 13.1. The second-order valence-corrected chi connectivity index (χ2v) is 6.52. The van der Waals surface area contributed by atoms with Gasteiger partial charge in [0.1, 0.15) is 5.58 Å². The summed E-state index contributed by atoms with van der Waals surface area (Å²) in [5.41, 5.74) is 3.50. The standard InChI is InChI=1S/C18H21NO2/c1-6-19-15-9-16-14(11(2)7-17(20)21-16)8-13(15)12(3)10-18(19,4)5/h3,7-9,12H,6,10H2,1-2,4-5H3. The maximum absolute atomic E-state index is 11.6. The Morgan fingerprint density at radius 3 is 2.76 bits per heavy atom. The maximum atomic E-state index is 11.6. The van der Waals surface area contributed by atoms with E-state index in [1.165, 1.54) is 6.07 Å². The highest BCUT2D eigenvalue weighted by atomic mass is 16.4. The van der Waals surface area contributed by atoms with E-state index in [-0.39, 0.29) is 17.1 Å². The Bertz CT molecular complexity index is 758. The van der Waals surface area contributed by atoms with Crippen LogP contribution in [0, 0.1) is 13.8 Å². The molecule has 3 nitrogen and oxygen atoms in total. The number of fused-ring (bicyclic) bond motifs is 2. The van der Waals surface area contributed by atoms with Crippen molar-refractivity contribution in [1.29, 1.82) is 0 Å². The quantitative estimate of drug-likeness (QED) is 0.744. The monoisotopic (exact) mass is 283 g/mol. The van der Waals surface area contributed by atoms with Crippen molar-refractivity contribution in [2.24, 2.45) is 0 Å². The van der Waals surface area contributed by atoms with Crippen LogP contribution in [0.5, 0.6) is 0 Å². The van der Waals surface area contributed by atoms with E-state index in [0.29, 0.717) is 5.58 Å². The topological polar surface area (TPSA) is 33.5 Å². The van der Waals surface area contributed by atoms with Crippen LogP contribution in [0.2, 0.25) is 0 Å². The second kappa shape index (κ2) is 4.62. The number of rotatable bonds is 1. The predicted molar refractivity (Wildman–Crippen MR) is 86.0 cm³/mol. The van der Waals surface area contributed by atoms with Crippen LogP contribution in [0.25, 0.3) is 11.0 Å². The molecular weight excluding hydrogens is 262 g/mol. The lowest BCUT2D eigenvalue weighted by molar-refractivity contribution is 0.394. The number of aryl methyl sites for hydroxylation is 1. The van der Waals surface area contributed by atoms with Gasteiger partial charge < -0.3 is 9.32 Å². The molecule has 0 aliphatic carbocycles. The van der Waals surface area contributed by atoms with Crippen molar-refractivity contribution in [3.8, 4) is 0 Å². The Morgan fingerprint density at radius 2 is 2.10 bits per heavy atom. The highest BCUT2D eigenvalue weighted by Crippen LogP contribution is 2.44. The van der Waals surface area contributed by atoms with Gasteiger partial charge in [-0.2, -0.15) is 0 Å². The van der Waals surface area contributed by atoms with Gasteiger partial charge in [-0.3, -0.25) is 0 Å². The number of anilines is 1. The van der Waals surface area contributed by atoms with Gasteiger partial charge in [0.15, 0.2) is 0 Å². The maximum Gasteiger partial charge on any atom is 0.336 e. The number of benzene rings is 1. The molecule has 21 heavy (non-hydrogen) atoms. The molecule has 3 rings (SSSR count). The third kappa shape index (κ3) is 2.15. The fourth-order valence-electron chi connectivity index (χ4n) is 3.58. The van der Waals surface area contributed by atoms with E-state index in [0.717, 1.165) is 35.2 Å². The third-order valence-corrected chi connectivity index (χ3v) is 4.56. The molecule has 1 aliphatic heterocycles. The van der Waals surface area contributed by atoms with Crippen molar-refractivity contribution in [3.05, 3.63) is 46.7 Å². The van der Waals surface area contributed by atoms with Gasteiger partial charge in [-0.1, -0.05) is 0 Å². The van der Waals surface area contributed by atoms with Crippen molar-refractivity contribution in [3.63, 3.8) is 0 Å². The molecule has 1 aromatic carbocycles. The lowest BCUT2D eigenvalue weighted by Gasteiger charge is -2.47. The first kappa shape index (κ1) is 14.2. The SMILES string of the molecule is [CH]C1CC(C)(C)N(CC)c2cc3oc(=O)cc(C)c3cc21. The summed E-state index contributed by atoms with van der Waals surface area (Å²) in [6, 6.07) is 5.60. The molecule has 110 valence electrons. The Labute approximate surface area is 125 Å². The molecule has 0 spiro atoms. The molecule has 0 saturated heterocycles. The van der Waals surface area contributed by atoms with Crippen molar-refractivity contribution < 1.29 is 4.42 Å². The van der Waals surface area contributed by atoms with Gasteiger partial charge in [0, 0.05) is 35.3 Å². The van der Waals surface area contributed by atoms with Crippen LogP contribution in [-0.2, 0) is 0 Å². The summed E-state index contributed by atoms with van der Waals surface area (Å²) < 4.78 is 5.38. The first-order chi connectivity index (χ1) is 9.83. The molecular formula is C18H21NO2. The van der Waals surface area contributed by atoms with Gasteiger partial charge in [0.25, 0.3) is 0 Å². The number of hydrogen-bond acceptors (Lipinski definition) is 3. The molecule has 1 unspecified atom stereocenters. The van der Waals surface area contributed by atoms with Crippen LogP contribution in [0.4, 0.5) is 5.69 Å². The van der Waals surface area contributed by atoms with E-state index in [4.69, 9.17) is 11.3 Å². The first-order valence-corrected chi connectivity index (χ1v) is 7.45. The zero-order valence-electron chi connectivity index (χ0n) is 13.1. The normalized spacial score (nSPS) is 20.6. The number of hydrogen-bond donors (Lipinski definition) is 0. The fourth-order valence-corrected chi connectivity index (χ4v) is 3.58. The minimum Gasteiger partial charge on any atom is -0.423 e. The molecule has 1 aliphatic rings. The first-order valence-electron chi connectivity index (χ1n) is 7.45. The fraction of sp³-hybridized carbons (Fsp3) is 0.444. The second-order valence-electron chi connectivity index (χ2n) is 6.52. The van der Waals surface area contributed by atoms with E-state index >= 15 is 0 Å². The lowest BCUT2D eigenvalue weighted by Crippen LogP contribution is -2.48. The van der Waals surface area contributed by atoms with E-state index in [1.807, 2.05) is 13.0 Å². The molecule has 2 heterocycles. The predicted octanol–water partition coefficient (Wildman–Crippen LogP) is 3.90. The average molecular weight is 283 g/mol. The number of nitrogens with zero attached hydrogens (tertiary/aromatic N) is 1. The minimum atomic E-state index is -0.303. The van der Waals surface area contributed by atoms with Crippen molar-refractivity contribution in [1.82, 2.24) is 0 Å². The van der Waals surface area contributed by atoms with E-state index < -0.39 is 0 Å². The highest BCUT2D eigenvalue weighted by molar-refractivity contribution is 5.86. The van der Waals surface area contributed by atoms with Crippen molar-refractivity contribution >= 4 is 16.7 Å². The molecule has 2 radical (unpaired) electrons. The minimum absolute atomic E-state index is 0.00103. The van der Waals surface area contributed by atoms with Crippen LogP contribution in [0.1, 0.15) is 44.2 Å². The van der Waals surface area contributed by atoms with Crippen LogP contribution in [-0.4, -0.2) is 12.1 Å².